The first-order chi connectivity index (χ1) is 7.54. The van der Waals surface area contributed by atoms with Crippen molar-refractivity contribution < 1.29 is 9.53 Å². The second-order valence-electron chi connectivity index (χ2n) is 3.16. The maximum atomic E-state index is 11.2. The first kappa shape index (κ1) is 15.6. The van der Waals surface area contributed by atoms with Crippen molar-refractivity contribution in [3.05, 3.63) is 28.8 Å². The number of rotatable bonds is 3. The summed E-state index contributed by atoms with van der Waals surface area (Å²) in [5.74, 6) is 5.37. The number of benzene rings is 1. The molecule has 1 aromatic rings. The highest BCUT2D eigenvalue weighted by atomic mass is 35.5. The van der Waals surface area contributed by atoms with E-state index in [1.54, 1.807) is 26.0 Å². The minimum atomic E-state index is -0.575. The molecular weight excluding hydrogens is 261 g/mol. The molecule has 0 spiro atoms. The van der Waals surface area contributed by atoms with Crippen LogP contribution >= 0.6 is 24.0 Å². The van der Waals surface area contributed by atoms with Gasteiger partial charge in [-0.05, 0) is 32.0 Å². The van der Waals surface area contributed by atoms with E-state index in [1.165, 1.54) is 6.07 Å². The van der Waals surface area contributed by atoms with Gasteiger partial charge in [-0.1, -0.05) is 17.5 Å². The molecule has 5 heteroatoms. The van der Waals surface area contributed by atoms with Gasteiger partial charge in [0.15, 0.2) is 6.10 Å². The molecule has 0 heterocycles. The van der Waals surface area contributed by atoms with Crippen molar-refractivity contribution in [3.63, 3.8) is 0 Å². The smallest absolute Gasteiger partial charge is 0.252 e. The molecule has 0 aromatic heterocycles. The second kappa shape index (κ2) is 7.05. The third kappa shape index (κ3) is 4.56. The summed E-state index contributed by atoms with van der Waals surface area (Å²) in [7, 11) is 0. The molecule has 1 unspecified atom stereocenters. The lowest BCUT2D eigenvalue weighted by atomic mass is 10.2. The van der Waals surface area contributed by atoms with Gasteiger partial charge in [0.05, 0.1) is 5.56 Å². The number of primary amides is 1. The van der Waals surface area contributed by atoms with E-state index in [-0.39, 0.29) is 24.1 Å². The van der Waals surface area contributed by atoms with Crippen molar-refractivity contribution in [1.82, 2.24) is 0 Å². The van der Waals surface area contributed by atoms with E-state index >= 15 is 0 Å². The number of ether oxygens (including phenoxy) is 1. The van der Waals surface area contributed by atoms with Crippen LogP contribution in [0.15, 0.2) is 18.2 Å². The summed E-state index contributed by atoms with van der Waals surface area (Å²) in [4.78, 5) is 11.2. The molecule has 0 bridgehead atoms. The van der Waals surface area contributed by atoms with E-state index in [9.17, 15) is 4.79 Å². The SMILES string of the molecule is CC#CC(C)Oc1ccc(Cl)cc1C(N)=O.Cl. The Morgan fingerprint density at radius 3 is 2.71 bits per heavy atom. The highest BCUT2D eigenvalue weighted by Gasteiger charge is 2.11. The molecule has 2 N–H and O–H groups in total. The zero-order chi connectivity index (χ0) is 12.1. The van der Waals surface area contributed by atoms with Gasteiger partial charge in [0.2, 0.25) is 0 Å². The van der Waals surface area contributed by atoms with Gasteiger partial charge < -0.3 is 10.5 Å². The van der Waals surface area contributed by atoms with E-state index in [0.717, 1.165) is 0 Å². The summed E-state index contributed by atoms with van der Waals surface area (Å²) in [5, 5.41) is 0.440. The Labute approximate surface area is 112 Å². The largest absolute Gasteiger partial charge is 0.477 e. The molecule has 3 nitrogen and oxygen atoms in total. The molecule has 0 fully saturated rings. The van der Waals surface area contributed by atoms with Gasteiger partial charge >= 0.3 is 0 Å². The molecule has 0 aliphatic rings. The predicted octanol–water partition coefficient (Wildman–Crippen LogP) is 2.65. The highest BCUT2D eigenvalue weighted by Crippen LogP contribution is 2.23. The van der Waals surface area contributed by atoms with Crippen LogP contribution in [0, 0.1) is 11.8 Å². The van der Waals surface area contributed by atoms with Crippen molar-refractivity contribution in [2.75, 3.05) is 0 Å². The van der Waals surface area contributed by atoms with Crippen LogP contribution in [0.25, 0.3) is 0 Å². The summed E-state index contributed by atoms with van der Waals surface area (Å²) in [6.07, 6.45) is -0.302. The fourth-order valence-corrected chi connectivity index (χ4v) is 1.39. The number of hydrogen-bond acceptors (Lipinski definition) is 2. The zero-order valence-corrected chi connectivity index (χ0v) is 11.1. The van der Waals surface area contributed by atoms with Crippen LogP contribution in [0.5, 0.6) is 5.75 Å². The van der Waals surface area contributed by atoms with Gasteiger partial charge in [0, 0.05) is 5.02 Å². The molecule has 0 radical (unpaired) electrons. The standard InChI is InChI=1S/C12H12ClNO2.ClH/c1-3-4-8(2)16-11-6-5-9(13)7-10(11)12(14)15;/h5-8H,1-2H3,(H2,14,15);1H. The third-order valence-corrected chi connectivity index (χ3v) is 2.09. The molecular formula is C12H13Cl2NO2. The third-order valence-electron chi connectivity index (χ3n) is 1.86. The Bertz CT molecular complexity index is 463. The Kier molecular flexibility index (Phi) is 6.48. The van der Waals surface area contributed by atoms with Crippen molar-refractivity contribution >= 4 is 29.9 Å². The zero-order valence-electron chi connectivity index (χ0n) is 9.49. The topological polar surface area (TPSA) is 52.3 Å². The molecule has 1 amide bonds. The first-order valence-electron chi connectivity index (χ1n) is 4.73. The van der Waals surface area contributed by atoms with Crippen LogP contribution in [-0.4, -0.2) is 12.0 Å². The van der Waals surface area contributed by atoms with E-state index in [2.05, 4.69) is 11.8 Å². The quantitative estimate of drug-likeness (QED) is 0.861. The maximum Gasteiger partial charge on any atom is 0.252 e. The van der Waals surface area contributed by atoms with Gasteiger partial charge in [-0.25, -0.2) is 0 Å². The fourth-order valence-electron chi connectivity index (χ4n) is 1.22. The minimum absolute atomic E-state index is 0. The lowest BCUT2D eigenvalue weighted by Crippen LogP contribution is -2.16. The van der Waals surface area contributed by atoms with Crippen molar-refractivity contribution in [1.29, 1.82) is 0 Å². The van der Waals surface area contributed by atoms with E-state index in [1.807, 2.05) is 0 Å². The van der Waals surface area contributed by atoms with Crippen LogP contribution < -0.4 is 10.5 Å². The Morgan fingerprint density at radius 2 is 2.18 bits per heavy atom. The maximum absolute atomic E-state index is 11.2. The lowest BCUT2D eigenvalue weighted by Gasteiger charge is -2.12. The number of amides is 1. The molecule has 0 saturated carbocycles. The number of carbonyl (C=O) groups excluding carboxylic acids is 1. The summed E-state index contributed by atoms with van der Waals surface area (Å²) in [6.45, 7) is 3.51. The van der Waals surface area contributed by atoms with Gasteiger partial charge in [0.25, 0.3) is 5.91 Å². The van der Waals surface area contributed by atoms with E-state index in [0.29, 0.717) is 10.8 Å². The highest BCUT2D eigenvalue weighted by molar-refractivity contribution is 6.31. The monoisotopic (exact) mass is 273 g/mol. The number of carbonyl (C=O) groups is 1. The number of hydrogen-bond donors (Lipinski definition) is 1. The Balaban J connectivity index is 0.00000256. The van der Waals surface area contributed by atoms with Crippen molar-refractivity contribution in [2.45, 2.75) is 20.0 Å². The second-order valence-corrected chi connectivity index (χ2v) is 3.60. The van der Waals surface area contributed by atoms with Crippen molar-refractivity contribution in [3.8, 4) is 17.6 Å². The molecule has 0 aliphatic carbocycles. The minimum Gasteiger partial charge on any atom is -0.477 e. The summed E-state index contributed by atoms with van der Waals surface area (Å²) < 4.78 is 5.47. The average molecular weight is 274 g/mol. The average Bonchev–Trinajstić information content (AvgIpc) is 2.20. The molecule has 0 saturated heterocycles. The molecule has 92 valence electrons. The molecule has 1 atom stereocenters. The normalized spacial score (nSPS) is 10.5. The van der Waals surface area contributed by atoms with Crippen LogP contribution in [0.1, 0.15) is 24.2 Å². The Hall–Kier alpha value is -1.37. The number of nitrogens with two attached hydrogens (primary N) is 1. The molecule has 17 heavy (non-hydrogen) atoms. The summed E-state index contributed by atoms with van der Waals surface area (Å²) >= 11 is 5.77. The van der Waals surface area contributed by atoms with Crippen LogP contribution in [-0.2, 0) is 0 Å². The summed E-state index contributed by atoms with van der Waals surface area (Å²) in [5.41, 5.74) is 5.48. The van der Waals surface area contributed by atoms with Gasteiger partial charge in [-0.15, -0.1) is 18.3 Å². The molecule has 1 rings (SSSR count). The van der Waals surface area contributed by atoms with Crippen molar-refractivity contribution in [2.24, 2.45) is 5.73 Å². The fraction of sp³-hybridized carbons (Fsp3) is 0.250. The number of halogens is 2. The first-order valence-corrected chi connectivity index (χ1v) is 5.10. The van der Waals surface area contributed by atoms with Gasteiger partial charge in [0.1, 0.15) is 5.75 Å². The van der Waals surface area contributed by atoms with Gasteiger partial charge in [-0.2, -0.15) is 0 Å². The lowest BCUT2D eigenvalue weighted by molar-refractivity contribution is 0.0995. The predicted molar refractivity (Wildman–Crippen MR) is 70.8 cm³/mol. The van der Waals surface area contributed by atoms with Crippen LogP contribution in [0.2, 0.25) is 5.02 Å². The van der Waals surface area contributed by atoms with Crippen LogP contribution in [0.3, 0.4) is 0 Å². The summed E-state index contributed by atoms with van der Waals surface area (Å²) in [6, 6.07) is 4.72. The van der Waals surface area contributed by atoms with Gasteiger partial charge in [-0.3, -0.25) is 4.79 Å². The molecule has 0 aliphatic heterocycles. The van der Waals surface area contributed by atoms with Crippen LogP contribution in [0.4, 0.5) is 0 Å². The molecule has 1 aromatic carbocycles. The van der Waals surface area contributed by atoms with E-state index in [4.69, 9.17) is 22.1 Å². The Morgan fingerprint density at radius 1 is 1.53 bits per heavy atom. The van der Waals surface area contributed by atoms with E-state index < -0.39 is 5.91 Å².